The zero-order valence-corrected chi connectivity index (χ0v) is 12.3. The quantitative estimate of drug-likeness (QED) is 0.787. The van der Waals surface area contributed by atoms with Crippen LogP contribution < -0.4 is 5.32 Å². The zero-order chi connectivity index (χ0) is 15.8. The Morgan fingerprint density at radius 3 is 2.87 bits per heavy atom. The van der Waals surface area contributed by atoms with E-state index in [-0.39, 0.29) is 11.7 Å². The van der Waals surface area contributed by atoms with Gasteiger partial charge < -0.3 is 5.32 Å². The van der Waals surface area contributed by atoms with Crippen LogP contribution in [0.4, 0.5) is 5.82 Å². The molecule has 112 valence electrons. The molecule has 2 heterocycles. The van der Waals surface area contributed by atoms with Gasteiger partial charge in [0.15, 0.2) is 11.5 Å². The highest BCUT2D eigenvalue weighted by molar-refractivity contribution is 6.04. The van der Waals surface area contributed by atoms with Crippen LogP contribution in [0.5, 0.6) is 0 Å². The summed E-state index contributed by atoms with van der Waals surface area (Å²) in [7, 11) is 0. The molecule has 1 aliphatic carbocycles. The molecule has 6 nitrogen and oxygen atoms in total. The average Bonchev–Trinajstić information content (AvgIpc) is 3.18. The lowest BCUT2D eigenvalue weighted by atomic mass is 10.2. The molecule has 0 fully saturated rings. The number of amides is 1. The number of aryl methyl sites for hydroxylation is 2. The van der Waals surface area contributed by atoms with Crippen molar-refractivity contribution < 1.29 is 4.79 Å². The minimum Gasteiger partial charge on any atom is -0.304 e. The van der Waals surface area contributed by atoms with Gasteiger partial charge in [0.05, 0.1) is 0 Å². The standard InChI is InChI=1S/C17H13N5O/c18-9-13-15(20-17(23)11-5-2-1-3-6-11)21-22-14-8-4-7-12(14)10-19-16(13)22/h1-3,5-6,10H,4,7-8H2,(H,20,21,23). The van der Waals surface area contributed by atoms with Crippen molar-refractivity contribution in [3.05, 3.63) is 58.9 Å². The first-order valence-corrected chi connectivity index (χ1v) is 7.44. The summed E-state index contributed by atoms with van der Waals surface area (Å²) < 4.78 is 1.70. The summed E-state index contributed by atoms with van der Waals surface area (Å²) in [5.74, 6) is -0.0312. The summed E-state index contributed by atoms with van der Waals surface area (Å²) in [5.41, 5.74) is 3.55. The molecule has 1 aromatic carbocycles. The fourth-order valence-corrected chi connectivity index (χ4v) is 2.95. The van der Waals surface area contributed by atoms with Crippen molar-refractivity contribution in [1.82, 2.24) is 14.6 Å². The van der Waals surface area contributed by atoms with Gasteiger partial charge in [0.25, 0.3) is 5.91 Å². The Kier molecular flexibility index (Phi) is 3.05. The normalized spacial score (nSPS) is 12.8. The number of carbonyl (C=O) groups excluding carboxylic acids is 1. The number of nitrogens with one attached hydrogen (secondary N) is 1. The lowest BCUT2D eigenvalue weighted by molar-refractivity contribution is 0.102. The highest BCUT2D eigenvalue weighted by Gasteiger charge is 2.22. The largest absolute Gasteiger partial charge is 0.304 e. The maximum atomic E-state index is 12.3. The first-order chi connectivity index (χ1) is 11.3. The summed E-state index contributed by atoms with van der Waals surface area (Å²) in [5, 5.41) is 16.6. The van der Waals surface area contributed by atoms with Crippen molar-refractivity contribution in [3.8, 4) is 6.07 Å². The molecule has 23 heavy (non-hydrogen) atoms. The predicted octanol–water partition coefficient (Wildman–Crippen LogP) is 2.34. The minimum atomic E-state index is -0.290. The van der Waals surface area contributed by atoms with Gasteiger partial charge in [-0.05, 0) is 37.0 Å². The van der Waals surface area contributed by atoms with Crippen LogP contribution >= 0.6 is 0 Å². The summed E-state index contributed by atoms with van der Waals surface area (Å²) in [6.45, 7) is 0. The lowest BCUT2D eigenvalue weighted by Gasteiger charge is -2.01. The summed E-state index contributed by atoms with van der Waals surface area (Å²) in [6.07, 6.45) is 4.76. The Morgan fingerprint density at radius 2 is 2.09 bits per heavy atom. The average molecular weight is 303 g/mol. The van der Waals surface area contributed by atoms with E-state index in [1.165, 1.54) is 0 Å². The number of hydrogen-bond donors (Lipinski definition) is 1. The van der Waals surface area contributed by atoms with Crippen LogP contribution in [0.15, 0.2) is 36.5 Å². The zero-order valence-electron chi connectivity index (χ0n) is 12.3. The number of benzene rings is 1. The third-order valence-corrected chi connectivity index (χ3v) is 4.07. The molecular formula is C17H13N5O. The van der Waals surface area contributed by atoms with Gasteiger partial charge in [0, 0.05) is 17.5 Å². The molecule has 0 spiro atoms. The molecule has 1 N–H and O–H groups in total. The topological polar surface area (TPSA) is 83.1 Å². The van der Waals surface area contributed by atoms with E-state index in [9.17, 15) is 10.1 Å². The van der Waals surface area contributed by atoms with Crippen molar-refractivity contribution in [3.63, 3.8) is 0 Å². The molecule has 4 rings (SSSR count). The van der Waals surface area contributed by atoms with Gasteiger partial charge in [-0.25, -0.2) is 9.50 Å². The smallest absolute Gasteiger partial charge is 0.256 e. The third kappa shape index (κ3) is 2.14. The van der Waals surface area contributed by atoms with Gasteiger partial charge in [-0.15, -0.1) is 5.10 Å². The first-order valence-electron chi connectivity index (χ1n) is 7.44. The molecular weight excluding hydrogens is 290 g/mol. The van der Waals surface area contributed by atoms with Crippen LogP contribution in [-0.4, -0.2) is 20.5 Å². The van der Waals surface area contributed by atoms with Crippen molar-refractivity contribution in [1.29, 1.82) is 5.26 Å². The van der Waals surface area contributed by atoms with Gasteiger partial charge in [-0.1, -0.05) is 18.2 Å². The predicted molar refractivity (Wildman–Crippen MR) is 84.1 cm³/mol. The molecule has 3 aromatic rings. The van der Waals surface area contributed by atoms with Crippen LogP contribution in [0.2, 0.25) is 0 Å². The van der Waals surface area contributed by atoms with Gasteiger partial charge >= 0.3 is 0 Å². The Morgan fingerprint density at radius 1 is 1.26 bits per heavy atom. The highest BCUT2D eigenvalue weighted by Crippen LogP contribution is 2.26. The summed E-state index contributed by atoms with van der Waals surface area (Å²) in [6, 6.07) is 11.0. The monoisotopic (exact) mass is 303 g/mol. The van der Waals surface area contributed by atoms with E-state index in [4.69, 9.17) is 0 Å². The molecule has 0 saturated heterocycles. The van der Waals surface area contributed by atoms with Crippen LogP contribution in [0.25, 0.3) is 5.65 Å². The van der Waals surface area contributed by atoms with Gasteiger partial charge in [-0.2, -0.15) is 5.26 Å². The Hall–Kier alpha value is -3.20. The number of anilines is 1. The van der Waals surface area contributed by atoms with E-state index in [1.807, 2.05) is 12.3 Å². The van der Waals surface area contributed by atoms with Crippen LogP contribution in [-0.2, 0) is 12.8 Å². The molecule has 0 bridgehead atoms. The van der Waals surface area contributed by atoms with Crippen LogP contribution in [0, 0.1) is 11.3 Å². The lowest BCUT2D eigenvalue weighted by Crippen LogP contribution is -2.13. The summed E-state index contributed by atoms with van der Waals surface area (Å²) >= 11 is 0. The second-order valence-corrected chi connectivity index (χ2v) is 5.47. The molecule has 0 radical (unpaired) electrons. The van der Waals surface area contributed by atoms with Crippen molar-refractivity contribution >= 4 is 17.4 Å². The van der Waals surface area contributed by atoms with E-state index >= 15 is 0 Å². The molecule has 6 heteroatoms. The number of fused-ring (bicyclic) bond motifs is 3. The molecule has 0 unspecified atom stereocenters. The van der Waals surface area contributed by atoms with Crippen molar-refractivity contribution in [2.24, 2.45) is 0 Å². The van der Waals surface area contributed by atoms with E-state index in [0.717, 1.165) is 30.5 Å². The van der Waals surface area contributed by atoms with Crippen molar-refractivity contribution in [2.45, 2.75) is 19.3 Å². The number of hydrogen-bond acceptors (Lipinski definition) is 4. The Bertz CT molecular complexity index is 953. The van der Waals surface area contributed by atoms with Gasteiger partial charge in [0.1, 0.15) is 11.6 Å². The van der Waals surface area contributed by atoms with Crippen molar-refractivity contribution in [2.75, 3.05) is 5.32 Å². The highest BCUT2D eigenvalue weighted by atomic mass is 16.1. The van der Waals surface area contributed by atoms with Crippen LogP contribution in [0.3, 0.4) is 0 Å². The van der Waals surface area contributed by atoms with Gasteiger partial charge in [-0.3, -0.25) is 4.79 Å². The van der Waals surface area contributed by atoms with E-state index in [2.05, 4.69) is 21.5 Å². The second kappa shape index (κ2) is 5.21. The van der Waals surface area contributed by atoms with Gasteiger partial charge in [0.2, 0.25) is 0 Å². The SMILES string of the molecule is N#Cc1c(NC(=O)c2ccccc2)nn2c3c(cnc12)CCC3. The Labute approximate surface area is 132 Å². The van der Waals surface area contributed by atoms with E-state index in [0.29, 0.717) is 16.8 Å². The maximum Gasteiger partial charge on any atom is 0.256 e. The first kappa shape index (κ1) is 13.5. The fourth-order valence-electron chi connectivity index (χ4n) is 2.95. The Balaban J connectivity index is 1.79. The summed E-state index contributed by atoms with van der Waals surface area (Å²) in [4.78, 5) is 16.7. The number of aromatic nitrogens is 3. The minimum absolute atomic E-state index is 0.258. The van der Waals surface area contributed by atoms with Crippen LogP contribution in [0.1, 0.15) is 33.6 Å². The molecule has 2 aromatic heterocycles. The number of carbonyl (C=O) groups is 1. The number of nitriles is 1. The number of rotatable bonds is 2. The molecule has 0 aliphatic heterocycles. The molecule has 0 saturated carbocycles. The third-order valence-electron chi connectivity index (χ3n) is 4.07. The van der Waals surface area contributed by atoms with E-state index in [1.54, 1.807) is 28.8 Å². The molecule has 0 atom stereocenters. The van der Waals surface area contributed by atoms with E-state index < -0.39 is 0 Å². The molecule has 1 amide bonds. The maximum absolute atomic E-state index is 12.3. The second-order valence-electron chi connectivity index (χ2n) is 5.47. The number of nitrogens with zero attached hydrogens (tertiary/aromatic N) is 4. The molecule has 1 aliphatic rings. The fraction of sp³-hybridized carbons (Fsp3) is 0.176.